The van der Waals surface area contributed by atoms with E-state index >= 15 is 0 Å². The van der Waals surface area contributed by atoms with Crippen molar-refractivity contribution in [3.05, 3.63) is 46.7 Å². The Bertz CT molecular complexity index is 702. The monoisotopic (exact) mass is 293 g/mol. The third-order valence-electron chi connectivity index (χ3n) is 2.40. The van der Waals surface area contributed by atoms with Crippen LogP contribution in [0.2, 0.25) is 5.22 Å². The van der Waals surface area contributed by atoms with Gasteiger partial charge >= 0.3 is 0 Å². The molecule has 0 radical (unpaired) electrons. The second-order valence-corrected chi connectivity index (χ2v) is 5.02. The van der Waals surface area contributed by atoms with Crippen LogP contribution in [0.25, 0.3) is 10.6 Å². The number of thiophene rings is 1. The molecule has 19 heavy (non-hydrogen) atoms. The molecule has 0 aromatic carbocycles. The van der Waals surface area contributed by atoms with Crippen LogP contribution in [0.15, 0.2) is 40.1 Å². The Morgan fingerprint density at radius 3 is 3.00 bits per heavy atom. The topological polar surface area (TPSA) is 70.9 Å². The van der Waals surface area contributed by atoms with Gasteiger partial charge in [0, 0.05) is 6.07 Å². The Hall–Kier alpha value is -2.05. The molecular weight excluding hydrogens is 286 g/mol. The van der Waals surface area contributed by atoms with E-state index in [0.717, 1.165) is 10.6 Å². The molecule has 0 bridgehead atoms. The third kappa shape index (κ3) is 2.54. The Balaban J connectivity index is 1.76. The molecule has 0 spiro atoms. The number of carbonyl (C=O) groups is 1. The van der Waals surface area contributed by atoms with Crippen molar-refractivity contribution in [3.8, 4) is 10.6 Å². The van der Waals surface area contributed by atoms with E-state index in [1.807, 2.05) is 17.5 Å². The van der Waals surface area contributed by atoms with Crippen LogP contribution >= 0.6 is 22.9 Å². The Morgan fingerprint density at radius 1 is 1.42 bits per heavy atom. The van der Waals surface area contributed by atoms with Crippen LogP contribution in [0.5, 0.6) is 0 Å². The average Bonchev–Trinajstić information content (AvgIpc) is 3.07. The van der Waals surface area contributed by atoms with Crippen molar-refractivity contribution < 1.29 is 9.21 Å². The summed E-state index contributed by atoms with van der Waals surface area (Å²) in [6.45, 7) is 0. The predicted molar refractivity (Wildman–Crippen MR) is 73.6 cm³/mol. The number of halogens is 1. The van der Waals surface area contributed by atoms with E-state index in [1.54, 1.807) is 17.4 Å². The molecule has 1 amide bonds. The number of hydrogen-bond donors (Lipinski definition) is 2. The molecule has 0 aliphatic rings. The standard InChI is InChI=1S/C12H8ClN3O2S/c13-10-4-3-8(18-10)12(17)14-11-6-7(15-16-11)9-2-1-5-19-9/h1-6H,(H2,14,15,16,17). The Labute approximate surface area is 117 Å². The molecule has 96 valence electrons. The highest BCUT2D eigenvalue weighted by Gasteiger charge is 2.13. The van der Waals surface area contributed by atoms with Crippen LogP contribution < -0.4 is 5.32 Å². The van der Waals surface area contributed by atoms with E-state index in [1.165, 1.54) is 12.1 Å². The number of rotatable bonds is 3. The summed E-state index contributed by atoms with van der Waals surface area (Å²) in [5.74, 6) is 0.183. The minimum atomic E-state index is -0.392. The van der Waals surface area contributed by atoms with Gasteiger partial charge in [0.15, 0.2) is 16.8 Å². The van der Waals surface area contributed by atoms with Crippen molar-refractivity contribution in [2.45, 2.75) is 0 Å². The quantitative estimate of drug-likeness (QED) is 0.774. The molecule has 3 heterocycles. The number of aromatic nitrogens is 2. The number of nitrogens with zero attached hydrogens (tertiary/aromatic N) is 1. The first-order chi connectivity index (χ1) is 9.22. The van der Waals surface area contributed by atoms with Gasteiger partial charge in [-0.2, -0.15) is 5.10 Å². The van der Waals surface area contributed by atoms with E-state index < -0.39 is 5.91 Å². The van der Waals surface area contributed by atoms with Gasteiger partial charge in [0.1, 0.15) is 0 Å². The van der Waals surface area contributed by atoms with E-state index in [2.05, 4.69) is 15.5 Å². The number of H-pyrrole nitrogens is 1. The summed E-state index contributed by atoms with van der Waals surface area (Å²) < 4.78 is 5.01. The van der Waals surface area contributed by atoms with Crippen molar-refractivity contribution in [1.82, 2.24) is 10.2 Å². The van der Waals surface area contributed by atoms with Crippen LogP contribution in [0, 0.1) is 0 Å². The first-order valence-corrected chi connectivity index (χ1v) is 6.64. The fourth-order valence-corrected chi connectivity index (χ4v) is 2.40. The van der Waals surface area contributed by atoms with Gasteiger partial charge in [0.05, 0.1) is 10.6 Å². The van der Waals surface area contributed by atoms with Gasteiger partial charge in [0.25, 0.3) is 5.91 Å². The highest BCUT2D eigenvalue weighted by atomic mass is 35.5. The summed E-state index contributed by atoms with van der Waals surface area (Å²) in [5, 5.41) is 11.6. The zero-order chi connectivity index (χ0) is 13.2. The van der Waals surface area contributed by atoms with Crippen LogP contribution in [-0.2, 0) is 0 Å². The van der Waals surface area contributed by atoms with E-state index in [4.69, 9.17) is 16.0 Å². The Morgan fingerprint density at radius 2 is 2.32 bits per heavy atom. The summed E-state index contributed by atoms with van der Waals surface area (Å²) in [4.78, 5) is 12.9. The van der Waals surface area contributed by atoms with Crippen molar-refractivity contribution in [2.24, 2.45) is 0 Å². The third-order valence-corrected chi connectivity index (χ3v) is 3.51. The Kier molecular flexibility index (Phi) is 3.10. The summed E-state index contributed by atoms with van der Waals surface area (Å²) in [5.41, 5.74) is 0.850. The second-order valence-electron chi connectivity index (χ2n) is 3.70. The van der Waals surface area contributed by atoms with Gasteiger partial charge in [-0.05, 0) is 35.2 Å². The van der Waals surface area contributed by atoms with E-state index in [9.17, 15) is 4.79 Å². The fourth-order valence-electron chi connectivity index (χ4n) is 1.56. The zero-order valence-electron chi connectivity index (χ0n) is 9.51. The highest BCUT2D eigenvalue weighted by Crippen LogP contribution is 2.24. The number of aromatic amines is 1. The largest absolute Gasteiger partial charge is 0.440 e. The molecule has 0 unspecified atom stereocenters. The number of nitrogens with one attached hydrogen (secondary N) is 2. The first kappa shape index (κ1) is 12.0. The number of anilines is 1. The van der Waals surface area contributed by atoms with E-state index in [-0.39, 0.29) is 11.0 Å². The molecule has 0 atom stereocenters. The van der Waals surface area contributed by atoms with Crippen LogP contribution in [-0.4, -0.2) is 16.1 Å². The normalized spacial score (nSPS) is 10.6. The van der Waals surface area contributed by atoms with Crippen molar-refractivity contribution >= 4 is 34.7 Å². The minimum Gasteiger partial charge on any atom is -0.440 e. The van der Waals surface area contributed by atoms with Crippen molar-refractivity contribution in [1.29, 1.82) is 0 Å². The molecule has 3 aromatic rings. The molecule has 5 nitrogen and oxygen atoms in total. The summed E-state index contributed by atoms with van der Waals surface area (Å²) in [7, 11) is 0. The lowest BCUT2D eigenvalue weighted by Gasteiger charge is -1.96. The van der Waals surface area contributed by atoms with Gasteiger partial charge in [-0.3, -0.25) is 9.89 Å². The lowest BCUT2D eigenvalue weighted by molar-refractivity contribution is 0.0996. The summed E-state index contributed by atoms with van der Waals surface area (Å²) >= 11 is 7.20. The molecule has 2 N–H and O–H groups in total. The maximum Gasteiger partial charge on any atom is 0.292 e. The second kappa shape index (κ2) is 4.91. The lowest BCUT2D eigenvalue weighted by Crippen LogP contribution is -2.10. The van der Waals surface area contributed by atoms with Crippen LogP contribution in [0.4, 0.5) is 5.82 Å². The van der Waals surface area contributed by atoms with Gasteiger partial charge in [0.2, 0.25) is 0 Å². The van der Waals surface area contributed by atoms with Gasteiger partial charge in [-0.15, -0.1) is 11.3 Å². The summed E-state index contributed by atoms with van der Waals surface area (Å²) in [6.07, 6.45) is 0. The fraction of sp³-hybridized carbons (Fsp3) is 0. The predicted octanol–water partition coefficient (Wildman–Crippen LogP) is 3.64. The first-order valence-electron chi connectivity index (χ1n) is 5.38. The number of furan rings is 1. The maximum atomic E-state index is 11.8. The van der Waals surface area contributed by atoms with Gasteiger partial charge in [-0.25, -0.2) is 0 Å². The maximum absolute atomic E-state index is 11.8. The number of hydrogen-bond acceptors (Lipinski definition) is 4. The molecule has 0 saturated carbocycles. The lowest BCUT2D eigenvalue weighted by atomic mass is 10.3. The molecule has 0 aliphatic carbocycles. The minimum absolute atomic E-state index is 0.144. The number of carbonyl (C=O) groups excluding carboxylic acids is 1. The van der Waals surface area contributed by atoms with Crippen LogP contribution in [0.3, 0.4) is 0 Å². The molecular formula is C12H8ClN3O2S. The molecule has 0 aliphatic heterocycles. The van der Waals surface area contributed by atoms with E-state index in [0.29, 0.717) is 5.82 Å². The highest BCUT2D eigenvalue weighted by molar-refractivity contribution is 7.13. The van der Waals surface area contributed by atoms with Gasteiger partial charge < -0.3 is 9.73 Å². The van der Waals surface area contributed by atoms with Gasteiger partial charge in [-0.1, -0.05) is 6.07 Å². The van der Waals surface area contributed by atoms with Crippen LogP contribution in [0.1, 0.15) is 10.6 Å². The SMILES string of the molecule is O=C(Nc1cc(-c2cccs2)[nH]n1)c1ccc(Cl)o1. The summed E-state index contributed by atoms with van der Waals surface area (Å²) in [6, 6.07) is 8.69. The zero-order valence-corrected chi connectivity index (χ0v) is 11.1. The molecule has 0 saturated heterocycles. The average molecular weight is 294 g/mol. The molecule has 0 fully saturated rings. The smallest absolute Gasteiger partial charge is 0.292 e. The molecule has 3 aromatic heterocycles. The van der Waals surface area contributed by atoms with Crippen molar-refractivity contribution in [3.63, 3.8) is 0 Å². The number of amides is 1. The molecule has 7 heteroatoms. The molecule has 3 rings (SSSR count). The van der Waals surface area contributed by atoms with Crippen molar-refractivity contribution in [2.75, 3.05) is 5.32 Å².